The van der Waals surface area contributed by atoms with Crippen molar-refractivity contribution in [3.8, 4) is 5.88 Å². The van der Waals surface area contributed by atoms with Gasteiger partial charge in [-0.1, -0.05) is 11.6 Å². The van der Waals surface area contributed by atoms with Crippen LogP contribution in [0.15, 0.2) is 35.4 Å². The molecule has 4 rings (SSSR count). The van der Waals surface area contributed by atoms with Gasteiger partial charge in [-0.3, -0.25) is 4.90 Å². The maximum absolute atomic E-state index is 12.4. The van der Waals surface area contributed by atoms with E-state index in [-0.39, 0.29) is 17.3 Å². The number of nitrogens with one attached hydrogen (secondary N) is 1. The van der Waals surface area contributed by atoms with Crippen molar-refractivity contribution in [1.82, 2.24) is 14.6 Å². The predicted molar refractivity (Wildman–Crippen MR) is 96.6 cm³/mol. The Labute approximate surface area is 155 Å². The molecular formula is C16H18ClN3O3S2. The van der Waals surface area contributed by atoms with Crippen LogP contribution in [0.25, 0.3) is 0 Å². The average Bonchev–Trinajstić information content (AvgIpc) is 2.96. The summed E-state index contributed by atoms with van der Waals surface area (Å²) in [4.78, 5) is 7.83. The Morgan fingerprint density at radius 3 is 2.84 bits per heavy atom. The van der Waals surface area contributed by atoms with E-state index in [0.717, 1.165) is 36.8 Å². The first kappa shape index (κ1) is 17.2. The lowest BCUT2D eigenvalue weighted by Gasteiger charge is -2.40. The fourth-order valence-corrected chi connectivity index (χ4v) is 5.58. The van der Waals surface area contributed by atoms with Gasteiger partial charge >= 0.3 is 0 Å². The highest BCUT2D eigenvalue weighted by Gasteiger charge is 2.42. The molecule has 0 saturated carbocycles. The molecule has 0 radical (unpaired) electrons. The molecule has 1 saturated heterocycles. The molecule has 0 atom stereocenters. The van der Waals surface area contributed by atoms with Crippen LogP contribution in [0, 0.1) is 0 Å². The van der Waals surface area contributed by atoms with E-state index in [1.165, 1.54) is 10.9 Å². The van der Waals surface area contributed by atoms with Gasteiger partial charge in [-0.15, -0.1) is 11.3 Å². The van der Waals surface area contributed by atoms with E-state index in [4.69, 9.17) is 16.3 Å². The van der Waals surface area contributed by atoms with Gasteiger partial charge in [0, 0.05) is 43.5 Å². The monoisotopic (exact) mass is 399 g/mol. The SMILES string of the molecule is O=S1(=O)NCC2(CCN(Cc3ccc(Cl)s3)CC2)Oc2ncccc21. The summed E-state index contributed by atoms with van der Waals surface area (Å²) in [6.45, 7) is 2.79. The summed E-state index contributed by atoms with van der Waals surface area (Å²) in [5, 5.41) is 0. The van der Waals surface area contributed by atoms with E-state index < -0.39 is 15.6 Å². The molecule has 25 heavy (non-hydrogen) atoms. The third-order valence-corrected chi connectivity index (χ3v) is 7.33. The Hall–Kier alpha value is -1.19. The first-order chi connectivity index (χ1) is 12.0. The summed E-state index contributed by atoms with van der Waals surface area (Å²) in [6.07, 6.45) is 3.04. The number of aromatic nitrogens is 1. The second-order valence-corrected chi connectivity index (χ2v) is 9.93. The molecule has 4 heterocycles. The van der Waals surface area contributed by atoms with E-state index in [9.17, 15) is 8.42 Å². The minimum atomic E-state index is -3.58. The van der Waals surface area contributed by atoms with Crippen LogP contribution < -0.4 is 9.46 Å². The molecule has 134 valence electrons. The van der Waals surface area contributed by atoms with Gasteiger partial charge in [0.2, 0.25) is 15.9 Å². The average molecular weight is 400 g/mol. The second-order valence-electron chi connectivity index (χ2n) is 6.40. The van der Waals surface area contributed by atoms with Crippen LogP contribution in [0.3, 0.4) is 0 Å². The van der Waals surface area contributed by atoms with E-state index in [1.807, 2.05) is 12.1 Å². The molecule has 0 aliphatic carbocycles. The molecule has 0 unspecified atom stereocenters. The summed E-state index contributed by atoms with van der Waals surface area (Å²) in [6, 6.07) is 7.10. The van der Waals surface area contributed by atoms with Crippen LogP contribution in [-0.2, 0) is 16.6 Å². The van der Waals surface area contributed by atoms with Crippen molar-refractivity contribution in [2.24, 2.45) is 0 Å². The zero-order valence-electron chi connectivity index (χ0n) is 13.4. The number of pyridine rings is 1. The number of halogens is 1. The lowest BCUT2D eigenvalue weighted by atomic mass is 9.91. The molecule has 2 aliphatic heterocycles. The van der Waals surface area contributed by atoms with Gasteiger partial charge < -0.3 is 4.74 Å². The first-order valence-electron chi connectivity index (χ1n) is 8.06. The zero-order chi connectivity index (χ0) is 17.5. The lowest BCUT2D eigenvalue weighted by Crippen LogP contribution is -2.53. The Balaban J connectivity index is 1.49. The number of hydrogen-bond donors (Lipinski definition) is 1. The molecule has 2 aliphatic rings. The molecule has 0 bridgehead atoms. The molecule has 0 aromatic carbocycles. The largest absolute Gasteiger partial charge is 0.469 e. The molecule has 1 fully saturated rings. The van der Waals surface area contributed by atoms with Crippen LogP contribution in [-0.4, -0.2) is 43.5 Å². The predicted octanol–water partition coefficient (Wildman–Crippen LogP) is 2.50. The number of rotatable bonds is 2. The number of hydrogen-bond acceptors (Lipinski definition) is 6. The molecule has 2 aromatic heterocycles. The maximum Gasteiger partial charge on any atom is 0.246 e. The van der Waals surface area contributed by atoms with Crippen molar-refractivity contribution >= 4 is 33.0 Å². The summed E-state index contributed by atoms with van der Waals surface area (Å²) < 4.78 is 34.4. The number of nitrogens with zero attached hydrogens (tertiary/aromatic N) is 2. The fourth-order valence-electron chi connectivity index (χ4n) is 3.26. The molecule has 1 spiro atoms. The first-order valence-corrected chi connectivity index (χ1v) is 10.7. The maximum atomic E-state index is 12.4. The number of likely N-dealkylation sites (tertiary alicyclic amines) is 1. The topological polar surface area (TPSA) is 71.5 Å². The molecular weight excluding hydrogens is 382 g/mol. The molecule has 9 heteroatoms. The summed E-state index contributed by atoms with van der Waals surface area (Å²) >= 11 is 7.59. The molecule has 0 amide bonds. The normalized spacial score (nSPS) is 22.1. The Morgan fingerprint density at radius 1 is 1.32 bits per heavy atom. The summed E-state index contributed by atoms with van der Waals surface area (Å²) in [5.41, 5.74) is -0.545. The van der Waals surface area contributed by atoms with Crippen molar-refractivity contribution in [1.29, 1.82) is 0 Å². The number of piperidine rings is 1. The standard InChI is InChI=1S/C16H18ClN3O3S2/c17-14-4-3-12(24-14)10-20-8-5-16(6-9-20)11-19-25(21,22)13-2-1-7-18-15(13)23-16/h1-4,7,19H,5-6,8-11H2. The van der Waals surface area contributed by atoms with Gasteiger partial charge in [-0.05, 0) is 24.3 Å². The van der Waals surface area contributed by atoms with Gasteiger partial charge in [-0.25, -0.2) is 18.1 Å². The molecule has 2 aromatic rings. The van der Waals surface area contributed by atoms with Crippen LogP contribution in [0.1, 0.15) is 17.7 Å². The second kappa shape index (κ2) is 6.51. The molecule has 1 N–H and O–H groups in total. The van der Waals surface area contributed by atoms with Crippen LogP contribution in [0.5, 0.6) is 5.88 Å². The number of fused-ring (bicyclic) bond motifs is 1. The Morgan fingerprint density at radius 2 is 2.12 bits per heavy atom. The van der Waals surface area contributed by atoms with Gasteiger partial charge in [-0.2, -0.15) is 0 Å². The quantitative estimate of drug-likeness (QED) is 0.840. The summed E-state index contributed by atoms with van der Waals surface area (Å²) in [7, 11) is -3.58. The molecule has 6 nitrogen and oxygen atoms in total. The zero-order valence-corrected chi connectivity index (χ0v) is 15.8. The van der Waals surface area contributed by atoms with E-state index >= 15 is 0 Å². The third kappa shape index (κ3) is 3.54. The van der Waals surface area contributed by atoms with Gasteiger partial charge in [0.05, 0.1) is 10.9 Å². The van der Waals surface area contributed by atoms with E-state index in [0.29, 0.717) is 0 Å². The number of ether oxygens (including phenoxy) is 1. The minimum Gasteiger partial charge on any atom is -0.469 e. The van der Waals surface area contributed by atoms with Crippen molar-refractivity contribution in [2.45, 2.75) is 29.9 Å². The van der Waals surface area contributed by atoms with E-state index in [1.54, 1.807) is 23.6 Å². The van der Waals surface area contributed by atoms with Crippen molar-refractivity contribution in [3.63, 3.8) is 0 Å². The number of thiophene rings is 1. The Bertz CT molecular complexity index is 876. The highest BCUT2D eigenvalue weighted by Crippen LogP contribution is 2.34. The third-order valence-electron chi connectivity index (χ3n) is 4.70. The van der Waals surface area contributed by atoms with Crippen LogP contribution in [0.4, 0.5) is 0 Å². The number of sulfonamides is 1. The van der Waals surface area contributed by atoms with Gasteiger partial charge in [0.25, 0.3) is 0 Å². The Kier molecular flexibility index (Phi) is 4.49. The minimum absolute atomic E-state index is 0.113. The van der Waals surface area contributed by atoms with Crippen molar-refractivity contribution < 1.29 is 13.2 Å². The van der Waals surface area contributed by atoms with E-state index in [2.05, 4.69) is 14.6 Å². The smallest absolute Gasteiger partial charge is 0.246 e. The van der Waals surface area contributed by atoms with Gasteiger partial charge in [0.15, 0.2) is 0 Å². The van der Waals surface area contributed by atoms with Crippen molar-refractivity contribution in [2.75, 3.05) is 19.6 Å². The van der Waals surface area contributed by atoms with Gasteiger partial charge in [0.1, 0.15) is 10.5 Å². The van der Waals surface area contributed by atoms with Crippen LogP contribution in [0.2, 0.25) is 4.34 Å². The lowest BCUT2D eigenvalue weighted by molar-refractivity contribution is 0.000534. The van der Waals surface area contributed by atoms with Crippen molar-refractivity contribution in [3.05, 3.63) is 39.7 Å². The van der Waals surface area contributed by atoms with Crippen LogP contribution >= 0.6 is 22.9 Å². The highest BCUT2D eigenvalue weighted by molar-refractivity contribution is 7.89. The summed E-state index contributed by atoms with van der Waals surface area (Å²) in [5.74, 6) is 0.200. The fraction of sp³-hybridized carbons (Fsp3) is 0.438. The highest BCUT2D eigenvalue weighted by atomic mass is 35.5.